The fraction of sp³-hybridized carbons (Fsp3) is 0.0952. The van der Waals surface area contributed by atoms with Crippen LogP contribution >= 0.6 is 0 Å². The van der Waals surface area contributed by atoms with Crippen LogP contribution in [-0.4, -0.2) is 33.3 Å². The molecule has 2 N–H and O–H groups in total. The predicted octanol–water partition coefficient (Wildman–Crippen LogP) is 4.45. The molecule has 0 saturated carbocycles. The van der Waals surface area contributed by atoms with E-state index in [9.17, 15) is 27.3 Å². The van der Waals surface area contributed by atoms with Crippen molar-refractivity contribution in [2.75, 3.05) is 17.3 Å². The molecular weight excluding hydrogens is 474 g/mol. The predicted molar refractivity (Wildman–Crippen MR) is 121 cm³/mol. The third kappa shape index (κ3) is 6.16. The number of halogens is 2. The maximum Gasteiger partial charge on any atom is 0.387 e. The molecule has 0 aliphatic rings. The lowest BCUT2D eigenvalue weighted by atomic mass is 10.2. The van der Waals surface area contributed by atoms with Crippen molar-refractivity contribution in [3.8, 4) is 11.5 Å². The van der Waals surface area contributed by atoms with Crippen molar-refractivity contribution in [2.24, 2.45) is 5.10 Å². The van der Waals surface area contributed by atoms with Gasteiger partial charge in [0.25, 0.3) is 15.7 Å². The number of benzene rings is 3. The van der Waals surface area contributed by atoms with E-state index in [0.717, 1.165) is 18.3 Å². The highest BCUT2D eigenvalue weighted by Gasteiger charge is 2.23. The van der Waals surface area contributed by atoms with Gasteiger partial charge in [0.1, 0.15) is 16.4 Å². The number of sulfonamides is 1. The Labute approximate surface area is 193 Å². The molecule has 0 unspecified atom stereocenters. The molecule has 10 nitrogen and oxygen atoms in total. The van der Waals surface area contributed by atoms with Crippen LogP contribution in [0.4, 0.5) is 25.8 Å². The van der Waals surface area contributed by atoms with E-state index in [2.05, 4.69) is 20.0 Å². The standard InChI is InChI=1S/C21H18F2N4O6S/c1-32-17-9-6-15(7-10-17)26-34(30,31)20-12-16(27(28)29)8-11-18(20)25-24-13-14-4-2-3-5-19(14)33-21(22)23/h2-13,21,25-26H,1H3/b24-13-. The van der Waals surface area contributed by atoms with E-state index in [1.54, 1.807) is 6.07 Å². The average molecular weight is 492 g/mol. The van der Waals surface area contributed by atoms with Crippen LogP contribution in [0.15, 0.2) is 76.7 Å². The first kappa shape index (κ1) is 24.4. The van der Waals surface area contributed by atoms with Crippen LogP contribution < -0.4 is 19.6 Å². The quantitative estimate of drug-likeness (QED) is 0.243. The molecule has 3 aromatic carbocycles. The second kappa shape index (κ2) is 10.6. The number of rotatable bonds is 10. The molecule has 3 rings (SSSR count). The molecule has 0 atom stereocenters. The van der Waals surface area contributed by atoms with Gasteiger partial charge in [0.05, 0.1) is 23.9 Å². The zero-order valence-electron chi connectivity index (χ0n) is 17.5. The number of hydrazone groups is 1. The maximum atomic E-state index is 13.0. The third-order valence-corrected chi connectivity index (χ3v) is 5.75. The van der Waals surface area contributed by atoms with Crippen molar-refractivity contribution in [1.82, 2.24) is 0 Å². The van der Waals surface area contributed by atoms with Gasteiger partial charge in [-0.25, -0.2) is 8.42 Å². The molecule has 0 saturated heterocycles. The van der Waals surface area contributed by atoms with Crippen LogP contribution in [0.2, 0.25) is 0 Å². The molecule has 34 heavy (non-hydrogen) atoms. The number of nitrogens with one attached hydrogen (secondary N) is 2. The van der Waals surface area contributed by atoms with Gasteiger partial charge in [-0.1, -0.05) is 12.1 Å². The first-order valence-corrected chi connectivity index (χ1v) is 11.0. The highest BCUT2D eigenvalue weighted by molar-refractivity contribution is 7.92. The van der Waals surface area contributed by atoms with Gasteiger partial charge in [-0.2, -0.15) is 13.9 Å². The Balaban J connectivity index is 1.91. The van der Waals surface area contributed by atoms with Gasteiger partial charge in [0.15, 0.2) is 0 Å². The van der Waals surface area contributed by atoms with Gasteiger partial charge in [-0.05, 0) is 42.5 Å². The zero-order valence-corrected chi connectivity index (χ0v) is 18.3. The molecule has 0 radical (unpaired) electrons. The second-order valence-electron chi connectivity index (χ2n) is 6.56. The summed E-state index contributed by atoms with van der Waals surface area (Å²) in [7, 11) is -2.84. The topological polar surface area (TPSA) is 132 Å². The maximum absolute atomic E-state index is 13.0. The molecule has 0 heterocycles. The number of methoxy groups -OCH3 is 1. The van der Waals surface area contributed by atoms with Gasteiger partial charge >= 0.3 is 6.61 Å². The number of alkyl halides is 2. The van der Waals surface area contributed by atoms with Gasteiger partial charge in [-0.3, -0.25) is 20.3 Å². The lowest BCUT2D eigenvalue weighted by Gasteiger charge is -2.12. The molecular formula is C21H18F2N4O6S. The highest BCUT2D eigenvalue weighted by atomic mass is 32.2. The number of non-ortho nitro benzene ring substituents is 1. The van der Waals surface area contributed by atoms with Crippen LogP contribution in [0.1, 0.15) is 5.56 Å². The summed E-state index contributed by atoms with van der Waals surface area (Å²) in [6, 6.07) is 15.0. The molecule has 0 aliphatic carbocycles. The fourth-order valence-corrected chi connectivity index (χ4v) is 4.01. The normalized spacial score (nSPS) is 11.4. The Kier molecular flexibility index (Phi) is 7.58. The molecule has 13 heteroatoms. The van der Waals surface area contributed by atoms with Crippen LogP contribution in [0.3, 0.4) is 0 Å². The number of nitro groups is 1. The van der Waals surface area contributed by atoms with Crippen LogP contribution in [0, 0.1) is 10.1 Å². The minimum Gasteiger partial charge on any atom is -0.497 e. The molecule has 0 aromatic heterocycles. The van der Waals surface area contributed by atoms with Crippen molar-refractivity contribution in [2.45, 2.75) is 11.5 Å². The van der Waals surface area contributed by atoms with E-state index in [-0.39, 0.29) is 22.7 Å². The fourth-order valence-electron chi connectivity index (χ4n) is 2.77. The number of ether oxygens (including phenoxy) is 2. The minimum atomic E-state index is -4.29. The first-order valence-electron chi connectivity index (χ1n) is 9.48. The number of hydrogen-bond acceptors (Lipinski definition) is 8. The molecule has 0 bridgehead atoms. The molecule has 0 spiro atoms. The number of hydrogen-bond donors (Lipinski definition) is 2. The van der Waals surface area contributed by atoms with Gasteiger partial charge in [0.2, 0.25) is 0 Å². The van der Waals surface area contributed by atoms with E-state index in [1.165, 1.54) is 55.6 Å². The van der Waals surface area contributed by atoms with Crippen molar-refractivity contribution in [3.05, 3.63) is 82.4 Å². The summed E-state index contributed by atoms with van der Waals surface area (Å²) in [5.74, 6) is 0.367. The lowest BCUT2D eigenvalue weighted by Crippen LogP contribution is -2.15. The van der Waals surface area contributed by atoms with E-state index in [0.29, 0.717) is 5.75 Å². The molecule has 178 valence electrons. The van der Waals surface area contributed by atoms with Crippen molar-refractivity contribution < 1.29 is 31.6 Å². The van der Waals surface area contributed by atoms with Crippen LogP contribution in [0.5, 0.6) is 11.5 Å². The highest BCUT2D eigenvalue weighted by Crippen LogP contribution is 2.29. The Hall–Kier alpha value is -4.26. The summed E-state index contributed by atoms with van der Waals surface area (Å²) >= 11 is 0. The summed E-state index contributed by atoms with van der Waals surface area (Å²) in [4.78, 5) is 10.0. The Bertz CT molecular complexity index is 1300. The summed E-state index contributed by atoms with van der Waals surface area (Å²) in [6.45, 7) is -3.04. The van der Waals surface area contributed by atoms with E-state index < -0.39 is 32.1 Å². The zero-order chi connectivity index (χ0) is 24.7. The lowest BCUT2D eigenvalue weighted by molar-refractivity contribution is -0.385. The third-order valence-electron chi connectivity index (χ3n) is 4.33. The molecule has 0 amide bonds. The van der Waals surface area contributed by atoms with Crippen molar-refractivity contribution in [1.29, 1.82) is 0 Å². The Morgan fingerprint density at radius 3 is 2.44 bits per heavy atom. The SMILES string of the molecule is COc1ccc(NS(=O)(=O)c2cc([N+](=O)[O-])ccc2N/N=C\c2ccccc2OC(F)F)cc1. The average Bonchev–Trinajstić information content (AvgIpc) is 2.80. The summed E-state index contributed by atoms with van der Waals surface area (Å²) in [5, 5.41) is 15.1. The number of nitrogens with zero attached hydrogens (tertiary/aromatic N) is 2. The minimum absolute atomic E-state index is 0.0879. The van der Waals surface area contributed by atoms with Crippen LogP contribution in [-0.2, 0) is 10.0 Å². The van der Waals surface area contributed by atoms with Crippen molar-refractivity contribution >= 4 is 33.3 Å². The van der Waals surface area contributed by atoms with Crippen LogP contribution in [0.25, 0.3) is 0 Å². The smallest absolute Gasteiger partial charge is 0.387 e. The number of nitro benzene ring substituents is 1. The first-order chi connectivity index (χ1) is 16.2. The van der Waals surface area contributed by atoms with Gasteiger partial charge in [-0.15, -0.1) is 0 Å². The number of anilines is 2. The summed E-state index contributed by atoms with van der Waals surface area (Å²) in [6.07, 6.45) is 1.15. The summed E-state index contributed by atoms with van der Waals surface area (Å²) < 4.78 is 62.9. The van der Waals surface area contributed by atoms with Gasteiger partial charge in [0, 0.05) is 23.4 Å². The Morgan fingerprint density at radius 2 is 1.79 bits per heavy atom. The second-order valence-corrected chi connectivity index (χ2v) is 8.21. The monoisotopic (exact) mass is 492 g/mol. The van der Waals surface area contributed by atoms with E-state index >= 15 is 0 Å². The van der Waals surface area contributed by atoms with Gasteiger partial charge < -0.3 is 9.47 Å². The summed E-state index contributed by atoms with van der Waals surface area (Å²) in [5.41, 5.74) is 2.32. The molecule has 0 aliphatic heterocycles. The largest absolute Gasteiger partial charge is 0.497 e. The Morgan fingerprint density at radius 1 is 1.09 bits per heavy atom. The van der Waals surface area contributed by atoms with E-state index in [1.807, 2.05) is 0 Å². The molecule has 0 fully saturated rings. The van der Waals surface area contributed by atoms with Crippen molar-refractivity contribution in [3.63, 3.8) is 0 Å². The molecule has 3 aromatic rings. The van der Waals surface area contributed by atoms with E-state index in [4.69, 9.17) is 4.74 Å². The number of para-hydroxylation sites is 1.